The Morgan fingerprint density at radius 3 is 1.67 bits per heavy atom. The van der Waals surface area contributed by atoms with Gasteiger partial charge in [0.2, 0.25) is 5.95 Å². The van der Waals surface area contributed by atoms with Crippen LogP contribution in [0.3, 0.4) is 0 Å². The van der Waals surface area contributed by atoms with Crippen LogP contribution in [0.15, 0.2) is 82.0 Å². The molecule has 0 atom stereocenters. The molecule has 0 radical (unpaired) electrons. The smallest absolute Gasteiger partial charge is 0.255 e. The predicted octanol–water partition coefficient (Wildman–Crippen LogP) is 8.60. The zero-order valence-electron chi connectivity index (χ0n) is 16.3. The van der Waals surface area contributed by atoms with E-state index in [1.54, 1.807) is 48.5 Å². The molecule has 0 fully saturated rings. The number of aromatic nitrogens is 2. The van der Waals surface area contributed by atoms with Crippen LogP contribution in [0.2, 0.25) is 10.0 Å². The van der Waals surface area contributed by atoms with Crippen LogP contribution in [0.4, 0.5) is 13.2 Å². The van der Waals surface area contributed by atoms with E-state index in [9.17, 15) is 13.2 Å². The lowest BCUT2D eigenvalue weighted by Crippen LogP contribution is -1.91. The van der Waals surface area contributed by atoms with Gasteiger partial charge in [0.1, 0.15) is 11.5 Å². The quantitative estimate of drug-likeness (QED) is 0.227. The molecule has 4 rings (SSSR count). The SMILES string of the molecule is Fc1cc(Cl)cnc1F.Fc1cc(Cl)cnc1Oc1ccc(Br)cc1.Oc1ccc(Br)cc1. The van der Waals surface area contributed by atoms with E-state index in [1.165, 1.54) is 6.20 Å². The standard InChI is InChI=1S/C11H6BrClFNO.C6H5BrO.C5H2ClF2N/c12-7-1-3-9(4-2-7)16-11-10(14)5-8(13)6-15-11;7-5-1-3-6(8)4-2-5;6-3-1-4(7)5(8)9-2-3/h1-6H;1-4,8H;1-2H. The molecule has 2 heterocycles. The fraction of sp³-hybridized carbons (Fsp3) is 0. The average Bonchev–Trinajstić information content (AvgIpc) is 2.77. The molecule has 33 heavy (non-hydrogen) atoms. The minimum Gasteiger partial charge on any atom is -0.508 e. The van der Waals surface area contributed by atoms with Gasteiger partial charge in [0.05, 0.1) is 10.0 Å². The van der Waals surface area contributed by atoms with Gasteiger partial charge in [0, 0.05) is 21.3 Å². The number of halogens is 7. The molecular formula is C22H13Br2Cl2F3N2O2. The zero-order chi connectivity index (χ0) is 24.4. The predicted molar refractivity (Wildman–Crippen MR) is 128 cm³/mol. The van der Waals surface area contributed by atoms with Crippen molar-refractivity contribution in [3.63, 3.8) is 0 Å². The van der Waals surface area contributed by atoms with E-state index in [0.717, 1.165) is 27.3 Å². The Morgan fingerprint density at radius 2 is 1.21 bits per heavy atom. The van der Waals surface area contributed by atoms with Gasteiger partial charge in [-0.05, 0) is 60.7 Å². The summed E-state index contributed by atoms with van der Waals surface area (Å²) in [5, 5.41) is 9.06. The first-order chi connectivity index (χ1) is 15.6. The van der Waals surface area contributed by atoms with Gasteiger partial charge in [-0.2, -0.15) is 4.39 Å². The van der Waals surface area contributed by atoms with Gasteiger partial charge in [0.15, 0.2) is 11.6 Å². The Labute approximate surface area is 214 Å². The van der Waals surface area contributed by atoms with Crippen LogP contribution in [0.25, 0.3) is 0 Å². The molecule has 0 amide bonds. The third-order valence-corrected chi connectivity index (χ3v) is 4.86. The Bertz CT molecular complexity index is 1160. The number of benzene rings is 2. The molecule has 2 aromatic carbocycles. The van der Waals surface area contributed by atoms with Crippen LogP contribution >= 0.6 is 55.1 Å². The Balaban J connectivity index is 0.000000192. The van der Waals surface area contributed by atoms with Gasteiger partial charge >= 0.3 is 0 Å². The summed E-state index contributed by atoms with van der Waals surface area (Å²) in [5.41, 5.74) is 0. The minimum atomic E-state index is -1.13. The van der Waals surface area contributed by atoms with Crippen molar-refractivity contribution >= 4 is 55.1 Å². The van der Waals surface area contributed by atoms with Gasteiger partial charge in [-0.25, -0.2) is 18.7 Å². The van der Waals surface area contributed by atoms with E-state index in [4.69, 9.17) is 33.0 Å². The van der Waals surface area contributed by atoms with E-state index in [-0.39, 0.29) is 15.9 Å². The van der Waals surface area contributed by atoms with Crippen molar-refractivity contribution in [2.45, 2.75) is 0 Å². The summed E-state index contributed by atoms with van der Waals surface area (Å²) in [5.74, 6) is -2.02. The topological polar surface area (TPSA) is 55.2 Å². The number of pyridine rings is 2. The van der Waals surface area contributed by atoms with Crippen LogP contribution in [0.1, 0.15) is 0 Å². The third kappa shape index (κ3) is 10.00. The summed E-state index contributed by atoms with van der Waals surface area (Å²) in [6.45, 7) is 0. The first-order valence-electron chi connectivity index (χ1n) is 8.79. The number of nitrogens with zero attached hydrogens (tertiary/aromatic N) is 2. The number of hydrogen-bond acceptors (Lipinski definition) is 4. The summed E-state index contributed by atoms with van der Waals surface area (Å²) < 4.78 is 44.5. The van der Waals surface area contributed by atoms with Crippen LogP contribution in [-0.2, 0) is 0 Å². The summed E-state index contributed by atoms with van der Waals surface area (Å²) in [6, 6.07) is 15.9. The molecule has 1 N–H and O–H groups in total. The summed E-state index contributed by atoms with van der Waals surface area (Å²) >= 11 is 17.4. The molecular weight excluding hydrogens is 612 g/mol. The second-order valence-corrected chi connectivity index (χ2v) is 8.60. The first kappa shape index (κ1) is 26.9. The normalized spacial score (nSPS) is 9.79. The van der Waals surface area contributed by atoms with Crippen molar-refractivity contribution in [3.8, 4) is 17.4 Å². The molecule has 2 aromatic heterocycles. The molecule has 0 unspecified atom stereocenters. The Kier molecular flexibility index (Phi) is 10.9. The molecule has 0 aliphatic heterocycles. The molecule has 0 bridgehead atoms. The average molecular weight is 625 g/mol. The Hall–Kier alpha value is -2.33. The maximum Gasteiger partial charge on any atom is 0.255 e. The lowest BCUT2D eigenvalue weighted by Gasteiger charge is -2.05. The number of phenols is 1. The second-order valence-electron chi connectivity index (χ2n) is 5.90. The van der Waals surface area contributed by atoms with Gasteiger partial charge in [-0.15, -0.1) is 0 Å². The number of phenolic OH excluding ortho intramolecular Hbond substituents is 1. The monoisotopic (exact) mass is 622 g/mol. The van der Waals surface area contributed by atoms with E-state index in [2.05, 4.69) is 41.8 Å². The van der Waals surface area contributed by atoms with E-state index < -0.39 is 17.6 Å². The molecule has 172 valence electrons. The van der Waals surface area contributed by atoms with E-state index in [0.29, 0.717) is 11.5 Å². The third-order valence-electron chi connectivity index (χ3n) is 3.39. The maximum atomic E-state index is 13.3. The highest BCUT2D eigenvalue weighted by Crippen LogP contribution is 2.25. The first-order valence-corrected chi connectivity index (χ1v) is 11.1. The number of rotatable bonds is 2. The van der Waals surface area contributed by atoms with Crippen molar-refractivity contribution in [1.82, 2.24) is 9.97 Å². The van der Waals surface area contributed by atoms with Crippen LogP contribution in [-0.4, -0.2) is 15.1 Å². The molecule has 0 aliphatic carbocycles. The lowest BCUT2D eigenvalue weighted by molar-refractivity contribution is 0.423. The van der Waals surface area contributed by atoms with Gasteiger partial charge in [-0.3, -0.25) is 0 Å². The van der Waals surface area contributed by atoms with Gasteiger partial charge in [-0.1, -0.05) is 55.1 Å². The lowest BCUT2D eigenvalue weighted by atomic mass is 10.3. The van der Waals surface area contributed by atoms with Gasteiger partial charge < -0.3 is 9.84 Å². The fourth-order valence-corrected chi connectivity index (χ4v) is 2.75. The van der Waals surface area contributed by atoms with Crippen molar-refractivity contribution in [2.24, 2.45) is 0 Å². The van der Waals surface area contributed by atoms with Gasteiger partial charge in [0.25, 0.3) is 5.88 Å². The summed E-state index contributed by atoms with van der Waals surface area (Å²) in [6.07, 6.45) is 2.37. The molecule has 0 aliphatic rings. The number of aromatic hydroxyl groups is 1. The molecule has 0 saturated carbocycles. The molecule has 4 aromatic rings. The second kappa shape index (κ2) is 13.4. The summed E-state index contributed by atoms with van der Waals surface area (Å²) in [4.78, 5) is 6.76. The highest BCUT2D eigenvalue weighted by atomic mass is 79.9. The van der Waals surface area contributed by atoms with Crippen LogP contribution in [0.5, 0.6) is 17.4 Å². The van der Waals surface area contributed by atoms with E-state index >= 15 is 0 Å². The highest BCUT2D eigenvalue weighted by molar-refractivity contribution is 9.10. The number of ether oxygens (including phenoxy) is 1. The highest BCUT2D eigenvalue weighted by Gasteiger charge is 2.07. The van der Waals surface area contributed by atoms with Crippen molar-refractivity contribution in [2.75, 3.05) is 0 Å². The van der Waals surface area contributed by atoms with Crippen LogP contribution in [0, 0.1) is 17.6 Å². The van der Waals surface area contributed by atoms with Crippen molar-refractivity contribution < 1.29 is 23.0 Å². The maximum absolute atomic E-state index is 13.3. The number of hydrogen-bond donors (Lipinski definition) is 1. The van der Waals surface area contributed by atoms with E-state index in [1.807, 2.05) is 0 Å². The fourth-order valence-electron chi connectivity index (χ4n) is 1.93. The van der Waals surface area contributed by atoms with Crippen molar-refractivity contribution in [1.29, 1.82) is 0 Å². The summed E-state index contributed by atoms with van der Waals surface area (Å²) in [7, 11) is 0. The molecule has 0 saturated heterocycles. The zero-order valence-corrected chi connectivity index (χ0v) is 21.0. The largest absolute Gasteiger partial charge is 0.508 e. The van der Waals surface area contributed by atoms with Crippen molar-refractivity contribution in [3.05, 3.63) is 110 Å². The molecule has 0 spiro atoms. The van der Waals surface area contributed by atoms with Crippen LogP contribution < -0.4 is 4.74 Å². The molecule has 11 heteroatoms. The molecule has 4 nitrogen and oxygen atoms in total. The minimum absolute atomic E-state index is 0.0910. The Morgan fingerprint density at radius 1 is 0.727 bits per heavy atom.